The number of hydrogen-bond acceptors (Lipinski definition) is 4. The second kappa shape index (κ2) is 8.08. The van der Waals surface area contributed by atoms with Crippen LogP contribution in [-0.4, -0.2) is 48.9 Å². The van der Waals surface area contributed by atoms with E-state index in [0.717, 1.165) is 19.3 Å². The van der Waals surface area contributed by atoms with Crippen molar-refractivity contribution in [1.29, 1.82) is 0 Å². The normalized spacial score (nSPS) is 20.4. The van der Waals surface area contributed by atoms with E-state index in [-0.39, 0.29) is 24.0 Å². The van der Waals surface area contributed by atoms with Crippen molar-refractivity contribution in [1.82, 2.24) is 4.90 Å². The largest absolute Gasteiger partial charge is 0.452 e. The molecule has 2 fully saturated rings. The smallest absolute Gasteiger partial charge is 0.338 e. The van der Waals surface area contributed by atoms with Crippen LogP contribution in [0.4, 0.5) is 5.69 Å². The monoisotopic (exact) mass is 378 g/mol. The van der Waals surface area contributed by atoms with E-state index in [1.165, 1.54) is 0 Å². The van der Waals surface area contributed by atoms with Gasteiger partial charge in [-0.3, -0.25) is 9.59 Å². The lowest BCUT2D eigenvalue weighted by Gasteiger charge is -2.30. The summed E-state index contributed by atoms with van der Waals surface area (Å²) >= 11 is 6.18. The zero-order valence-corrected chi connectivity index (χ0v) is 15.6. The topological polar surface area (TPSA) is 66.9 Å². The first-order valence-electron chi connectivity index (χ1n) is 9.00. The predicted octanol–water partition coefficient (Wildman–Crippen LogP) is 2.88. The second-order valence-electron chi connectivity index (χ2n) is 6.98. The van der Waals surface area contributed by atoms with Gasteiger partial charge in [-0.1, -0.05) is 18.5 Å². The first-order chi connectivity index (χ1) is 12.5. The van der Waals surface area contributed by atoms with E-state index >= 15 is 0 Å². The van der Waals surface area contributed by atoms with E-state index in [4.69, 9.17) is 16.3 Å². The molecule has 2 aliphatic rings. The number of anilines is 1. The third kappa shape index (κ3) is 4.18. The fourth-order valence-corrected chi connectivity index (χ4v) is 3.69. The Bertz CT molecular complexity index is 721. The van der Waals surface area contributed by atoms with Gasteiger partial charge in [-0.15, -0.1) is 0 Å². The van der Waals surface area contributed by atoms with Crippen LogP contribution >= 0.6 is 11.6 Å². The summed E-state index contributed by atoms with van der Waals surface area (Å²) in [5, 5.41) is 0.412. The van der Waals surface area contributed by atoms with Crippen LogP contribution in [0, 0.1) is 5.92 Å². The summed E-state index contributed by atoms with van der Waals surface area (Å²) in [5.74, 6) is -0.297. The van der Waals surface area contributed by atoms with Crippen LogP contribution in [0.25, 0.3) is 0 Å². The summed E-state index contributed by atoms with van der Waals surface area (Å²) in [7, 11) is 0. The molecule has 0 bridgehead atoms. The number of carbonyl (C=O) groups excluding carboxylic acids is 3. The van der Waals surface area contributed by atoms with Crippen LogP contribution in [0.15, 0.2) is 18.2 Å². The summed E-state index contributed by atoms with van der Waals surface area (Å²) < 4.78 is 5.19. The lowest BCUT2D eigenvalue weighted by Crippen LogP contribution is -2.41. The summed E-state index contributed by atoms with van der Waals surface area (Å²) in [6.45, 7) is 3.84. The Hall–Kier alpha value is -2.08. The van der Waals surface area contributed by atoms with Gasteiger partial charge in [0, 0.05) is 26.1 Å². The van der Waals surface area contributed by atoms with Crippen molar-refractivity contribution < 1.29 is 19.1 Å². The summed E-state index contributed by atoms with van der Waals surface area (Å²) in [5.41, 5.74) is 0.795. The van der Waals surface area contributed by atoms with Crippen molar-refractivity contribution in [3.63, 3.8) is 0 Å². The Morgan fingerprint density at radius 1 is 1.27 bits per heavy atom. The number of carbonyl (C=O) groups is 3. The highest BCUT2D eigenvalue weighted by Gasteiger charge is 2.25. The summed E-state index contributed by atoms with van der Waals surface area (Å²) in [6, 6.07) is 4.68. The number of likely N-dealkylation sites (tertiary alicyclic amines) is 1. The van der Waals surface area contributed by atoms with Gasteiger partial charge in [0.05, 0.1) is 16.3 Å². The van der Waals surface area contributed by atoms with Crippen LogP contribution in [0.2, 0.25) is 5.02 Å². The van der Waals surface area contributed by atoms with Gasteiger partial charge in [0.1, 0.15) is 0 Å². The molecule has 7 heteroatoms. The number of ether oxygens (including phenoxy) is 1. The molecule has 0 spiro atoms. The average Bonchev–Trinajstić information content (AvgIpc) is 3.05. The van der Waals surface area contributed by atoms with E-state index in [9.17, 15) is 14.4 Å². The molecular weight excluding hydrogens is 356 g/mol. The number of rotatable bonds is 4. The highest BCUT2D eigenvalue weighted by Crippen LogP contribution is 2.30. The molecule has 1 atom stereocenters. The third-order valence-electron chi connectivity index (χ3n) is 4.88. The minimum atomic E-state index is -0.590. The number of hydrogen-bond donors (Lipinski definition) is 0. The fraction of sp³-hybridized carbons (Fsp3) is 0.526. The average molecular weight is 379 g/mol. The number of amides is 2. The molecule has 2 saturated heterocycles. The molecule has 1 aromatic rings. The molecule has 0 aromatic heterocycles. The molecule has 0 saturated carbocycles. The van der Waals surface area contributed by atoms with Crippen molar-refractivity contribution >= 4 is 35.1 Å². The van der Waals surface area contributed by atoms with E-state index in [1.54, 1.807) is 28.0 Å². The first kappa shape index (κ1) is 18.7. The SMILES string of the molecule is C[C@@H]1CCCN(C(=O)COC(=O)c2ccc(Cl)c(N3CCCC3=O)c2)C1. The minimum Gasteiger partial charge on any atom is -0.452 e. The van der Waals surface area contributed by atoms with E-state index in [2.05, 4.69) is 6.92 Å². The molecule has 2 aliphatic heterocycles. The van der Waals surface area contributed by atoms with E-state index in [0.29, 0.717) is 42.7 Å². The van der Waals surface area contributed by atoms with E-state index < -0.39 is 5.97 Å². The molecule has 2 heterocycles. The Kier molecular flexibility index (Phi) is 5.81. The maximum absolute atomic E-state index is 12.3. The van der Waals surface area contributed by atoms with E-state index in [1.807, 2.05) is 0 Å². The molecule has 0 N–H and O–H groups in total. The maximum Gasteiger partial charge on any atom is 0.338 e. The molecule has 3 rings (SSSR count). The molecule has 0 unspecified atom stereocenters. The Labute approximate surface area is 158 Å². The van der Waals surface area contributed by atoms with Gasteiger partial charge in [-0.25, -0.2) is 4.79 Å². The zero-order chi connectivity index (χ0) is 18.7. The zero-order valence-electron chi connectivity index (χ0n) is 14.9. The Morgan fingerprint density at radius 3 is 2.77 bits per heavy atom. The molecule has 1 aromatic carbocycles. The maximum atomic E-state index is 12.3. The van der Waals surface area contributed by atoms with Crippen molar-refractivity contribution in [2.75, 3.05) is 31.1 Å². The van der Waals surface area contributed by atoms with Crippen molar-refractivity contribution in [3.8, 4) is 0 Å². The number of benzene rings is 1. The summed E-state index contributed by atoms with van der Waals surface area (Å²) in [4.78, 5) is 39.8. The lowest BCUT2D eigenvalue weighted by molar-refractivity contribution is -0.136. The fourth-order valence-electron chi connectivity index (χ4n) is 3.47. The molecule has 2 amide bonds. The number of halogens is 1. The van der Waals surface area contributed by atoms with Crippen LogP contribution in [-0.2, 0) is 14.3 Å². The Morgan fingerprint density at radius 2 is 2.08 bits per heavy atom. The first-order valence-corrected chi connectivity index (χ1v) is 9.38. The lowest BCUT2D eigenvalue weighted by atomic mass is 10.0. The standard InChI is InChI=1S/C19H23ClN2O4/c1-13-4-2-8-21(11-13)18(24)12-26-19(25)14-6-7-15(20)16(10-14)22-9-3-5-17(22)23/h6-7,10,13H,2-5,8-9,11-12H2,1H3/t13-/m1/s1. The van der Waals surface area contributed by atoms with Gasteiger partial charge in [0.15, 0.2) is 6.61 Å². The quantitative estimate of drug-likeness (QED) is 0.755. The second-order valence-corrected chi connectivity index (χ2v) is 7.39. The van der Waals surface area contributed by atoms with Gasteiger partial charge >= 0.3 is 5.97 Å². The van der Waals surface area contributed by atoms with Gasteiger partial charge < -0.3 is 14.5 Å². The molecule has 26 heavy (non-hydrogen) atoms. The Balaban J connectivity index is 1.63. The molecule has 0 aliphatic carbocycles. The van der Waals surface area contributed by atoms with Crippen molar-refractivity contribution in [2.24, 2.45) is 5.92 Å². The molecule has 0 radical (unpaired) electrons. The highest BCUT2D eigenvalue weighted by molar-refractivity contribution is 6.34. The molecule has 140 valence electrons. The minimum absolute atomic E-state index is 0.00758. The molecular formula is C19H23ClN2O4. The molecule has 6 nitrogen and oxygen atoms in total. The van der Waals surface area contributed by atoms with Crippen molar-refractivity contribution in [3.05, 3.63) is 28.8 Å². The third-order valence-corrected chi connectivity index (χ3v) is 5.20. The predicted molar refractivity (Wildman–Crippen MR) is 98.3 cm³/mol. The number of nitrogens with zero attached hydrogens (tertiary/aromatic N) is 2. The van der Waals surface area contributed by atoms with Gasteiger partial charge in [-0.05, 0) is 43.4 Å². The van der Waals surface area contributed by atoms with Gasteiger partial charge in [0.2, 0.25) is 5.91 Å². The van der Waals surface area contributed by atoms with Crippen molar-refractivity contribution in [2.45, 2.75) is 32.6 Å². The van der Waals surface area contributed by atoms with Crippen LogP contribution in [0.3, 0.4) is 0 Å². The highest BCUT2D eigenvalue weighted by atomic mass is 35.5. The van der Waals surface area contributed by atoms with Gasteiger partial charge in [0.25, 0.3) is 5.91 Å². The van der Waals surface area contributed by atoms with Crippen LogP contribution in [0.1, 0.15) is 43.0 Å². The number of esters is 1. The van der Waals surface area contributed by atoms with Crippen LogP contribution < -0.4 is 4.90 Å². The number of piperidine rings is 1. The van der Waals surface area contributed by atoms with Crippen LogP contribution in [0.5, 0.6) is 0 Å². The summed E-state index contributed by atoms with van der Waals surface area (Å²) in [6.07, 6.45) is 3.35. The van der Waals surface area contributed by atoms with Gasteiger partial charge in [-0.2, -0.15) is 0 Å².